The van der Waals surface area contributed by atoms with Crippen molar-refractivity contribution in [2.75, 3.05) is 19.8 Å². The van der Waals surface area contributed by atoms with E-state index in [1.807, 2.05) is 6.92 Å². The van der Waals surface area contributed by atoms with Crippen molar-refractivity contribution < 1.29 is 13.5 Å². The Morgan fingerprint density at radius 3 is 2.77 bits per heavy atom. The van der Waals surface area contributed by atoms with Crippen LogP contribution in [-0.4, -0.2) is 32.2 Å². The van der Waals surface area contributed by atoms with Gasteiger partial charge in [0.25, 0.3) is 6.43 Å². The molecular weight excluding hydrogens is 176 g/mol. The second-order valence-electron chi connectivity index (χ2n) is 3.40. The molecule has 1 N–H and O–H groups in total. The van der Waals surface area contributed by atoms with E-state index >= 15 is 0 Å². The molecule has 1 aliphatic heterocycles. The van der Waals surface area contributed by atoms with E-state index in [0.717, 1.165) is 19.4 Å². The summed E-state index contributed by atoms with van der Waals surface area (Å²) in [6.45, 7) is 3.63. The molecular formula is C9H17F2NO. The zero-order chi connectivity index (χ0) is 9.68. The molecule has 2 atom stereocenters. The van der Waals surface area contributed by atoms with E-state index in [9.17, 15) is 8.78 Å². The maximum Gasteiger partial charge on any atom is 0.254 e. The molecule has 1 aliphatic rings. The van der Waals surface area contributed by atoms with Gasteiger partial charge >= 0.3 is 0 Å². The first-order valence-electron chi connectivity index (χ1n) is 4.85. The van der Waals surface area contributed by atoms with Gasteiger partial charge in [-0.1, -0.05) is 6.92 Å². The summed E-state index contributed by atoms with van der Waals surface area (Å²) >= 11 is 0. The maximum atomic E-state index is 12.6. The van der Waals surface area contributed by atoms with Crippen LogP contribution in [0, 0.1) is 5.92 Å². The quantitative estimate of drug-likeness (QED) is 0.733. The van der Waals surface area contributed by atoms with Gasteiger partial charge in [-0.15, -0.1) is 0 Å². The third-order valence-corrected chi connectivity index (χ3v) is 2.41. The monoisotopic (exact) mass is 193 g/mol. The van der Waals surface area contributed by atoms with E-state index in [4.69, 9.17) is 4.74 Å². The van der Waals surface area contributed by atoms with Crippen LogP contribution in [0.3, 0.4) is 0 Å². The Bertz CT molecular complexity index is 138. The molecule has 0 bridgehead atoms. The van der Waals surface area contributed by atoms with E-state index in [1.165, 1.54) is 0 Å². The molecule has 1 saturated heterocycles. The lowest BCUT2D eigenvalue weighted by Crippen LogP contribution is -2.45. The van der Waals surface area contributed by atoms with E-state index in [-0.39, 0.29) is 5.92 Å². The molecule has 2 unspecified atom stereocenters. The van der Waals surface area contributed by atoms with Gasteiger partial charge in [-0.25, -0.2) is 8.78 Å². The van der Waals surface area contributed by atoms with Crippen LogP contribution >= 0.6 is 0 Å². The molecule has 0 aromatic rings. The third-order valence-electron chi connectivity index (χ3n) is 2.41. The fourth-order valence-electron chi connectivity index (χ4n) is 1.75. The zero-order valence-corrected chi connectivity index (χ0v) is 7.93. The van der Waals surface area contributed by atoms with Gasteiger partial charge in [0.15, 0.2) is 0 Å². The molecule has 13 heavy (non-hydrogen) atoms. The highest BCUT2D eigenvalue weighted by Gasteiger charge is 2.30. The highest BCUT2D eigenvalue weighted by molar-refractivity contribution is 4.79. The van der Waals surface area contributed by atoms with Gasteiger partial charge < -0.3 is 10.1 Å². The predicted octanol–water partition coefficient (Wildman–Crippen LogP) is 1.66. The van der Waals surface area contributed by atoms with Gasteiger partial charge in [0, 0.05) is 12.5 Å². The fraction of sp³-hybridized carbons (Fsp3) is 1.00. The molecule has 0 amide bonds. The molecule has 1 rings (SSSR count). The summed E-state index contributed by atoms with van der Waals surface area (Å²) in [5.41, 5.74) is 0. The average Bonchev–Trinajstić information content (AvgIpc) is 2.15. The number of hydrogen-bond donors (Lipinski definition) is 1. The standard InChI is InChI=1S/C9H17F2NO/c1-2-12-8(9(10)11)7-4-3-5-13-6-7/h7-9,12H,2-6H2,1H3. The van der Waals surface area contributed by atoms with Crippen molar-refractivity contribution in [2.45, 2.75) is 32.2 Å². The number of nitrogens with one attached hydrogen (secondary N) is 1. The van der Waals surface area contributed by atoms with Crippen LogP contribution in [0.2, 0.25) is 0 Å². The van der Waals surface area contributed by atoms with Gasteiger partial charge in [0.1, 0.15) is 0 Å². The Balaban J connectivity index is 2.41. The van der Waals surface area contributed by atoms with Gasteiger partial charge in [-0.05, 0) is 19.4 Å². The summed E-state index contributed by atoms with van der Waals surface area (Å²) in [4.78, 5) is 0. The molecule has 0 aromatic carbocycles. The zero-order valence-electron chi connectivity index (χ0n) is 7.93. The first kappa shape index (κ1) is 10.9. The van der Waals surface area contributed by atoms with Crippen molar-refractivity contribution in [3.63, 3.8) is 0 Å². The van der Waals surface area contributed by atoms with Gasteiger partial charge in [0.2, 0.25) is 0 Å². The number of hydrogen-bond acceptors (Lipinski definition) is 2. The molecule has 78 valence electrons. The van der Waals surface area contributed by atoms with Crippen LogP contribution in [0.4, 0.5) is 8.78 Å². The first-order valence-corrected chi connectivity index (χ1v) is 4.85. The summed E-state index contributed by atoms with van der Waals surface area (Å²) in [5, 5.41) is 2.82. The van der Waals surface area contributed by atoms with Crippen LogP contribution < -0.4 is 5.32 Å². The first-order chi connectivity index (χ1) is 6.25. The highest BCUT2D eigenvalue weighted by atomic mass is 19.3. The fourth-order valence-corrected chi connectivity index (χ4v) is 1.75. The second kappa shape index (κ2) is 5.50. The molecule has 0 spiro atoms. The van der Waals surface area contributed by atoms with Crippen molar-refractivity contribution in [1.29, 1.82) is 0 Å². The normalized spacial score (nSPS) is 26.3. The molecule has 2 nitrogen and oxygen atoms in total. The van der Waals surface area contributed by atoms with E-state index in [2.05, 4.69) is 5.32 Å². The minimum absolute atomic E-state index is 0.0197. The van der Waals surface area contributed by atoms with Crippen LogP contribution in [0.1, 0.15) is 19.8 Å². The summed E-state index contributed by atoms with van der Waals surface area (Å²) in [6, 6.07) is -0.690. The van der Waals surface area contributed by atoms with Crippen molar-refractivity contribution >= 4 is 0 Å². The lowest BCUT2D eigenvalue weighted by atomic mass is 9.94. The lowest BCUT2D eigenvalue weighted by Gasteiger charge is -2.30. The highest BCUT2D eigenvalue weighted by Crippen LogP contribution is 2.21. The Labute approximate surface area is 77.6 Å². The van der Waals surface area contributed by atoms with E-state index in [1.54, 1.807) is 0 Å². The van der Waals surface area contributed by atoms with Crippen molar-refractivity contribution in [2.24, 2.45) is 5.92 Å². The van der Waals surface area contributed by atoms with Gasteiger partial charge in [-0.3, -0.25) is 0 Å². The van der Waals surface area contributed by atoms with Crippen LogP contribution in [0.15, 0.2) is 0 Å². The van der Waals surface area contributed by atoms with Crippen molar-refractivity contribution in [3.8, 4) is 0 Å². The molecule has 4 heteroatoms. The molecule has 0 saturated carbocycles. The SMILES string of the molecule is CCNC(C(F)F)C1CCCOC1. The minimum atomic E-state index is -2.29. The number of rotatable bonds is 4. The van der Waals surface area contributed by atoms with E-state index in [0.29, 0.717) is 13.2 Å². The van der Waals surface area contributed by atoms with Crippen LogP contribution in [-0.2, 0) is 4.74 Å². The van der Waals surface area contributed by atoms with Crippen LogP contribution in [0.25, 0.3) is 0 Å². The molecule has 0 radical (unpaired) electrons. The Kier molecular flexibility index (Phi) is 4.59. The largest absolute Gasteiger partial charge is 0.381 e. The van der Waals surface area contributed by atoms with Crippen molar-refractivity contribution in [1.82, 2.24) is 5.32 Å². The van der Waals surface area contributed by atoms with Gasteiger partial charge in [-0.2, -0.15) is 0 Å². The Morgan fingerprint density at radius 2 is 2.31 bits per heavy atom. The van der Waals surface area contributed by atoms with Crippen molar-refractivity contribution in [3.05, 3.63) is 0 Å². The summed E-state index contributed by atoms with van der Waals surface area (Å²) in [5.74, 6) is -0.0197. The molecule has 1 fully saturated rings. The van der Waals surface area contributed by atoms with Crippen LogP contribution in [0.5, 0.6) is 0 Å². The smallest absolute Gasteiger partial charge is 0.254 e. The number of halogens is 2. The molecule has 0 aromatic heterocycles. The average molecular weight is 193 g/mol. The minimum Gasteiger partial charge on any atom is -0.381 e. The Hall–Kier alpha value is -0.220. The lowest BCUT2D eigenvalue weighted by molar-refractivity contribution is -0.00483. The summed E-state index contributed by atoms with van der Waals surface area (Å²) in [6.07, 6.45) is -0.534. The summed E-state index contributed by atoms with van der Waals surface area (Å²) < 4.78 is 30.3. The maximum absolute atomic E-state index is 12.6. The second-order valence-corrected chi connectivity index (χ2v) is 3.40. The predicted molar refractivity (Wildman–Crippen MR) is 47.0 cm³/mol. The number of alkyl halides is 2. The number of ether oxygens (including phenoxy) is 1. The summed E-state index contributed by atoms with van der Waals surface area (Å²) in [7, 11) is 0. The van der Waals surface area contributed by atoms with E-state index < -0.39 is 12.5 Å². The molecule has 0 aliphatic carbocycles. The Morgan fingerprint density at radius 1 is 1.54 bits per heavy atom. The topological polar surface area (TPSA) is 21.3 Å². The van der Waals surface area contributed by atoms with Gasteiger partial charge in [0.05, 0.1) is 12.6 Å². The molecule has 1 heterocycles. The third kappa shape index (κ3) is 3.19.